The number of hydrogen-bond acceptors (Lipinski definition) is 6. The molecule has 0 saturated carbocycles. The lowest BCUT2D eigenvalue weighted by Gasteiger charge is -2.05. The van der Waals surface area contributed by atoms with Gasteiger partial charge in [-0.2, -0.15) is 0 Å². The summed E-state index contributed by atoms with van der Waals surface area (Å²) in [5, 5.41) is 20.7. The third-order valence-electron chi connectivity index (χ3n) is 2.98. The SMILES string of the molecule is Cc1cc(Cn2nnc(C(=O)O)c2-c2cncn2C)on1. The Morgan fingerprint density at radius 1 is 1.48 bits per heavy atom. The molecule has 0 unspecified atom stereocenters. The van der Waals surface area contributed by atoms with E-state index >= 15 is 0 Å². The van der Waals surface area contributed by atoms with Gasteiger partial charge in [0.1, 0.15) is 12.2 Å². The van der Waals surface area contributed by atoms with Gasteiger partial charge in [-0.15, -0.1) is 5.10 Å². The van der Waals surface area contributed by atoms with Gasteiger partial charge in [-0.25, -0.2) is 14.5 Å². The minimum absolute atomic E-state index is 0.130. The van der Waals surface area contributed by atoms with E-state index in [1.165, 1.54) is 4.68 Å². The van der Waals surface area contributed by atoms with Gasteiger partial charge in [-0.05, 0) is 6.92 Å². The molecule has 0 radical (unpaired) electrons. The number of imidazole rings is 1. The highest BCUT2D eigenvalue weighted by Gasteiger charge is 2.23. The van der Waals surface area contributed by atoms with E-state index in [4.69, 9.17) is 4.52 Å². The summed E-state index contributed by atoms with van der Waals surface area (Å²) in [6, 6.07) is 1.76. The molecule has 1 N–H and O–H groups in total. The maximum atomic E-state index is 11.3. The largest absolute Gasteiger partial charge is 0.476 e. The molecule has 3 rings (SSSR count). The van der Waals surface area contributed by atoms with Crippen molar-refractivity contribution in [2.24, 2.45) is 7.05 Å². The second kappa shape index (κ2) is 4.85. The highest BCUT2D eigenvalue weighted by Crippen LogP contribution is 2.22. The molecule has 3 aromatic heterocycles. The van der Waals surface area contributed by atoms with Crippen LogP contribution in [0.4, 0.5) is 0 Å². The molecule has 0 aliphatic heterocycles. The van der Waals surface area contributed by atoms with Crippen LogP contribution in [0.25, 0.3) is 11.4 Å². The normalized spacial score (nSPS) is 11.0. The van der Waals surface area contributed by atoms with E-state index in [9.17, 15) is 9.90 Å². The number of carboxylic acid groups (broad SMARTS) is 1. The Morgan fingerprint density at radius 3 is 2.86 bits per heavy atom. The van der Waals surface area contributed by atoms with E-state index in [1.54, 1.807) is 37.1 Å². The van der Waals surface area contributed by atoms with Gasteiger partial charge in [0.05, 0.1) is 23.9 Å². The minimum atomic E-state index is -1.15. The first kappa shape index (κ1) is 13.0. The molecular weight excluding hydrogens is 276 g/mol. The third kappa shape index (κ3) is 2.29. The summed E-state index contributed by atoms with van der Waals surface area (Å²) in [4.78, 5) is 15.3. The molecule has 3 aromatic rings. The molecule has 108 valence electrons. The molecular formula is C12H12N6O3. The van der Waals surface area contributed by atoms with Crippen LogP contribution >= 0.6 is 0 Å². The molecule has 0 saturated heterocycles. The first-order valence-corrected chi connectivity index (χ1v) is 6.12. The highest BCUT2D eigenvalue weighted by molar-refractivity contribution is 5.92. The van der Waals surface area contributed by atoms with E-state index in [0.717, 1.165) is 5.69 Å². The predicted octanol–water partition coefficient (Wildman–Crippen LogP) is 0.722. The van der Waals surface area contributed by atoms with Crippen LogP contribution in [0.5, 0.6) is 0 Å². The Bertz CT molecular complexity index is 800. The zero-order valence-electron chi connectivity index (χ0n) is 11.4. The fourth-order valence-corrected chi connectivity index (χ4v) is 2.05. The van der Waals surface area contributed by atoms with E-state index < -0.39 is 5.97 Å². The summed E-state index contributed by atoms with van der Waals surface area (Å²) in [6.07, 6.45) is 3.14. The van der Waals surface area contributed by atoms with E-state index in [-0.39, 0.29) is 12.2 Å². The van der Waals surface area contributed by atoms with Crippen molar-refractivity contribution in [3.05, 3.63) is 35.7 Å². The molecule has 21 heavy (non-hydrogen) atoms. The van der Waals surface area contributed by atoms with Crippen LogP contribution in [0.3, 0.4) is 0 Å². The van der Waals surface area contributed by atoms with Crippen LogP contribution < -0.4 is 0 Å². The van der Waals surface area contributed by atoms with Crippen molar-refractivity contribution < 1.29 is 14.4 Å². The maximum absolute atomic E-state index is 11.3. The Balaban J connectivity index is 2.09. The summed E-state index contributed by atoms with van der Waals surface area (Å²) < 4.78 is 8.29. The standard InChI is InChI=1S/C12H12N6O3/c1-7-3-8(21-15-7)5-18-11(9-4-13-6-17(9)2)10(12(19)20)14-16-18/h3-4,6H,5H2,1-2H3,(H,19,20). The Hall–Kier alpha value is -2.97. The van der Waals surface area contributed by atoms with Gasteiger partial charge in [0.25, 0.3) is 0 Å². The van der Waals surface area contributed by atoms with Crippen molar-refractivity contribution in [1.29, 1.82) is 0 Å². The molecule has 0 fully saturated rings. The number of aromatic nitrogens is 6. The van der Waals surface area contributed by atoms with E-state index in [2.05, 4.69) is 20.5 Å². The number of aryl methyl sites for hydroxylation is 2. The van der Waals surface area contributed by atoms with Gasteiger partial charge in [-0.1, -0.05) is 10.4 Å². The van der Waals surface area contributed by atoms with Crippen molar-refractivity contribution in [1.82, 2.24) is 29.7 Å². The maximum Gasteiger partial charge on any atom is 0.358 e. The predicted molar refractivity (Wildman–Crippen MR) is 69.5 cm³/mol. The average molecular weight is 288 g/mol. The van der Waals surface area contributed by atoms with Crippen molar-refractivity contribution in [2.45, 2.75) is 13.5 Å². The topological polar surface area (TPSA) is 112 Å². The lowest BCUT2D eigenvalue weighted by molar-refractivity contribution is 0.0691. The number of nitrogens with zero attached hydrogens (tertiary/aromatic N) is 6. The van der Waals surface area contributed by atoms with E-state index in [0.29, 0.717) is 17.1 Å². The van der Waals surface area contributed by atoms with Crippen molar-refractivity contribution in [3.63, 3.8) is 0 Å². The second-order valence-electron chi connectivity index (χ2n) is 4.57. The number of rotatable bonds is 4. The van der Waals surface area contributed by atoms with E-state index in [1.807, 2.05) is 0 Å². The quantitative estimate of drug-likeness (QED) is 0.752. The lowest BCUT2D eigenvalue weighted by atomic mass is 10.2. The molecule has 0 amide bonds. The molecule has 9 heteroatoms. The molecule has 0 aliphatic carbocycles. The molecule has 0 atom stereocenters. The summed E-state index contributed by atoms with van der Waals surface area (Å²) in [7, 11) is 1.77. The van der Waals surface area contributed by atoms with Crippen LogP contribution in [-0.2, 0) is 13.6 Å². The average Bonchev–Trinajstić information content (AvgIpc) is 3.11. The van der Waals surface area contributed by atoms with Gasteiger partial charge < -0.3 is 14.2 Å². The third-order valence-corrected chi connectivity index (χ3v) is 2.98. The van der Waals surface area contributed by atoms with Crippen molar-refractivity contribution >= 4 is 5.97 Å². The zero-order chi connectivity index (χ0) is 15.0. The molecule has 0 spiro atoms. The Labute approximate surface area is 118 Å². The molecule has 0 bridgehead atoms. The first-order valence-electron chi connectivity index (χ1n) is 6.12. The molecule has 9 nitrogen and oxygen atoms in total. The molecule has 0 aliphatic rings. The molecule has 0 aromatic carbocycles. The smallest absolute Gasteiger partial charge is 0.358 e. The number of hydrogen-bond donors (Lipinski definition) is 1. The number of carbonyl (C=O) groups is 1. The number of aromatic carboxylic acids is 1. The summed E-state index contributed by atoms with van der Waals surface area (Å²) in [6.45, 7) is 2.04. The monoisotopic (exact) mass is 288 g/mol. The van der Waals surface area contributed by atoms with Crippen LogP contribution in [0, 0.1) is 6.92 Å². The van der Waals surface area contributed by atoms with Crippen LogP contribution in [0.15, 0.2) is 23.1 Å². The van der Waals surface area contributed by atoms with Gasteiger partial charge in [0.2, 0.25) is 0 Å². The van der Waals surface area contributed by atoms with Crippen molar-refractivity contribution in [2.75, 3.05) is 0 Å². The van der Waals surface area contributed by atoms with Gasteiger partial charge >= 0.3 is 5.97 Å². The van der Waals surface area contributed by atoms with Crippen molar-refractivity contribution in [3.8, 4) is 11.4 Å². The van der Waals surface area contributed by atoms with Gasteiger partial charge in [-0.3, -0.25) is 0 Å². The zero-order valence-corrected chi connectivity index (χ0v) is 11.4. The molecule has 3 heterocycles. The van der Waals surface area contributed by atoms with Gasteiger partial charge in [0.15, 0.2) is 11.5 Å². The highest BCUT2D eigenvalue weighted by atomic mass is 16.5. The van der Waals surface area contributed by atoms with Crippen LogP contribution in [0.1, 0.15) is 21.9 Å². The second-order valence-corrected chi connectivity index (χ2v) is 4.57. The summed E-state index contributed by atoms with van der Waals surface area (Å²) in [5.74, 6) is -0.580. The Morgan fingerprint density at radius 2 is 2.29 bits per heavy atom. The van der Waals surface area contributed by atoms with Crippen LogP contribution in [0.2, 0.25) is 0 Å². The summed E-state index contributed by atoms with van der Waals surface area (Å²) in [5.41, 5.74) is 1.59. The minimum Gasteiger partial charge on any atom is -0.476 e. The fraction of sp³-hybridized carbons (Fsp3) is 0.250. The fourth-order valence-electron chi connectivity index (χ4n) is 2.05. The first-order chi connectivity index (χ1) is 10.1. The summed E-state index contributed by atoms with van der Waals surface area (Å²) >= 11 is 0. The lowest BCUT2D eigenvalue weighted by Crippen LogP contribution is -2.07. The number of carboxylic acids is 1. The van der Waals surface area contributed by atoms with Gasteiger partial charge in [0, 0.05) is 13.1 Å². The Kier molecular flexibility index (Phi) is 3.01. The van der Waals surface area contributed by atoms with Crippen LogP contribution in [-0.4, -0.2) is 40.8 Å².